The van der Waals surface area contributed by atoms with Crippen molar-refractivity contribution in [1.82, 2.24) is 19.5 Å². The fourth-order valence-electron chi connectivity index (χ4n) is 2.17. The molecule has 1 aliphatic rings. The van der Waals surface area contributed by atoms with Gasteiger partial charge in [-0.15, -0.1) is 11.8 Å². The lowest BCUT2D eigenvalue weighted by Crippen LogP contribution is -2.20. The van der Waals surface area contributed by atoms with Gasteiger partial charge in [-0.3, -0.25) is 0 Å². The summed E-state index contributed by atoms with van der Waals surface area (Å²) in [7, 11) is 0. The first-order valence-electron chi connectivity index (χ1n) is 5.70. The lowest BCUT2D eigenvalue weighted by atomic mass is 10.2. The molecule has 1 saturated heterocycles. The predicted molar refractivity (Wildman–Crippen MR) is 67.8 cm³/mol. The van der Waals surface area contributed by atoms with E-state index in [0.717, 1.165) is 0 Å². The number of halogens is 1. The molecule has 3 rings (SSSR count). The van der Waals surface area contributed by atoms with Gasteiger partial charge in [-0.05, 0) is 0 Å². The molecule has 3 atom stereocenters. The molecular formula is C10H12FN5O2S. The van der Waals surface area contributed by atoms with Gasteiger partial charge >= 0.3 is 6.08 Å². The van der Waals surface area contributed by atoms with E-state index in [4.69, 9.17) is 10.8 Å². The number of nitrogens with two attached hydrogens (primary N) is 1. The number of rotatable bonds is 2. The van der Waals surface area contributed by atoms with Crippen LogP contribution in [0.15, 0.2) is 6.33 Å². The molecule has 0 spiro atoms. The number of nitrogens with zero attached hydrogens (tertiary/aromatic N) is 4. The molecule has 0 aliphatic carbocycles. The van der Waals surface area contributed by atoms with Gasteiger partial charge in [-0.1, -0.05) is 0 Å². The van der Waals surface area contributed by atoms with Crippen molar-refractivity contribution in [3.05, 3.63) is 12.4 Å². The van der Waals surface area contributed by atoms with Crippen molar-refractivity contribution < 1.29 is 14.6 Å². The van der Waals surface area contributed by atoms with Crippen LogP contribution >= 0.6 is 11.8 Å². The molecule has 4 N–H and O–H groups in total. The molecule has 0 amide bonds. The first-order chi connectivity index (χ1) is 9.10. The molecule has 0 aromatic carbocycles. The molecule has 2 aromatic rings. The Morgan fingerprint density at radius 2 is 2.32 bits per heavy atom. The van der Waals surface area contributed by atoms with Gasteiger partial charge in [-0.25, -0.2) is 4.98 Å². The van der Waals surface area contributed by atoms with Gasteiger partial charge in [0.25, 0.3) is 0 Å². The summed E-state index contributed by atoms with van der Waals surface area (Å²) in [5.41, 5.74) is 6.22. The topological polar surface area (TPSA) is 110 Å². The minimum absolute atomic E-state index is 0.0106. The first kappa shape index (κ1) is 12.6. The highest BCUT2D eigenvalue weighted by molar-refractivity contribution is 8.00. The number of thioether (sulfide) groups is 1. The zero-order valence-electron chi connectivity index (χ0n) is 9.77. The van der Waals surface area contributed by atoms with Gasteiger partial charge in [0.15, 0.2) is 11.5 Å². The summed E-state index contributed by atoms with van der Waals surface area (Å²) >= 11 is 1.40. The summed E-state index contributed by atoms with van der Waals surface area (Å²) in [5, 5.41) is 18.5. The van der Waals surface area contributed by atoms with Gasteiger partial charge in [-0.2, -0.15) is 14.4 Å². The third-order valence-electron chi connectivity index (χ3n) is 3.12. The van der Waals surface area contributed by atoms with E-state index in [1.54, 1.807) is 4.57 Å². The van der Waals surface area contributed by atoms with Gasteiger partial charge in [0.2, 0.25) is 0 Å². The molecule has 1 aliphatic heterocycles. The van der Waals surface area contributed by atoms with E-state index < -0.39 is 12.2 Å². The maximum atomic E-state index is 13.2. The second kappa shape index (κ2) is 4.58. The summed E-state index contributed by atoms with van der Waals surface area (Å²) in [6.45, 7) is -0.111. The number of aliphatic hydroxyl groups is 2. The smallest absolute Gasteiger partial charge is 0.312 e. The molecule has 0 unspecified atom stereocenters. The van der Waals surface area contributed by atoms with E-state index in [0.29, 0.717) is 17.6 Å². The van der Waals surface area contributed by atoms with Crippen LogP contribution in [0.2, 0.25) is 0 Å². The lowest BCUT2D eigenvalue weighted by Gasteiger charge is -2.11. The molecule has 102 valence electrons. The van der Waals surface area contributed by atoms with E-state index >= 15 is 0 Å². The molecule has 0 radical (unpaired) electrons. The van der Waals surface area contributed by atoms with Crippen molar-refractivity contribution in [2.24, 2.45) is 0 Å². The van der Waals surface area contributed by atoms with E-state index in [1.807, 2.05) is 0 Å². The highest BCUT2D eigenvalue weighted by Gasteiger charge is 2.35. The fourth-order valence-corrected chi connectivity index (χ4v) is 3.55. The molecule has 1 fully saturated rings. The standard InChI is InChI=1S/C10H12FN5O2S/c11-10-14-8(12)7-9(15-10)16(3-13-7)6-1-4(18)5(2-17)19-6/h3-6,17-18H,1-2H2,(H2,12,14,15)/t4-,5+,6+/m0/s1. The molecule has 3 heterocycles. The van der Waals surface area contributed by atoms with Crippen molar-refractivity contribution in [2.45, 2.75) is 23.1 Å². The Labute approximate surface area is 111 Å². The second-order valence-corrected chi connectivity index (χ2v) is 5.74. The molecule has 7 nitrogen and oxygen atoms in total. The van der Waals surface area contributed by atoms with Crippen LogP contribution in [0.1, 0.15) is 11.8 Å². The van der Waals surface area contributed by atoms with E-state index in [2.05, 4.69) is 15.0 Å². The Hall–Kier alpha value is -1.45. The Kier molecular flexibility index (Phi) is 3.03. The molecule has 19 heavy (non-hydrogen) atoms. The second-order valence-electron chi connectivity index (χ2n) is 4.32. The van der Waals surface area contributed by atoms with E-state index in [9.17, 15) is 9.50 Å². The minimum Gasteiger partial charge on any atom is -0.395 e. The molecule has 9 heteroatoms. The maximum Gasteiger partial charge on any atom is 0.312 e. The van der Waals surface area contributed by atoms with Gasteiger partial charge in [0.1, 0.15) is 5.52 Å². The van der Waals surface area contributed by atoms with Gasteiger partial charge in [0.05, 0.1) is 29.7 Å². The Balaban J connectivity index is 2.02. The normalized spacial score (nSPS) is 27.2. The molecule has 2 aromatic heterocycles. The average molecular weight is 285 g/mol. The van der Waals surface area contributed by atoms with E-state index in [1.165, 1.54) is 18.1 Å². The van der Waals surface area contributed by atoms with Crippen molar-refractivity contribution in [1.29, 1.82) is 0 Å². The first-order valence-corrected chi connectivity index (χ1v) is 6.64. The quantitative estimate of drug-likeness (QED) is 0.661. The summed E-state index contributed by atoms with van der Waals surface area (Å²) in [6, 6.07) is 0. The third kappa shape index (κ3) is 2.03. The number of nitrogen functional groups attached to an aromatic ring is 1. The van der Waals surface area contributed by atoms with Crippen LogP contribution in [0, 0.1) is 6.08 Å². The third-order valence-corrected chi connectivity index (χ3v) is 4.66. The van der Waals surface area contributed by atoms with Crippen LogP contribution in [0.25, 0.3) is 11.2 Å². The summed E-state index contributed by atoms with van der Waals surface area (Å²) in [4.78, 5) is 11.2. The van der Waals surface area contributed by atoms with Crippen LogP contribution < -0.4 is 5.73 Å². The van der Waals surface area contributed by atoms with Crippen molar-refractivity contribution in [3.63, 3.8) is 0 Å². The van der Waals surface area contributed by atoms with Crippen LogP contribution in [-0.4, -0.2) is 47.7 Å². The maximum absolute atomic E-state index is 13.2. The number of hydrogen-bond acceptors (Lipinski definition) is 7. The Bertz CT molecular complexity index is 621. The molecule has 0 saturated carbocycles. The number of imidazole rings is 1. The monoisotopic (exact) mass is 285 g/mol. The highest BCUT2D eigenvalue weighted by Crippen LogP contribution is 2.42. The Morgan fingerprint density at radius 1 is 1.53 bits per heavy atom. The lowest BCUT2D eigenvalue weighted by molar-refractivity contribution is 0.138. The largest absolute Gasteiger partial charge is 0.395 e. The fraction of sp³-hybridized carbons (Fsp3) is 0.500. The predicted octanol–water partition coefficient (Wildman–Crippen LogP) is -0.0951. The van der Waals surface area contributed by atoms with Crippen LogP contribution in [-0.2, 0) is 0 Å². The Morgan fingerprint density at radius 3 is 3.00 bits per heavy atom. The number of aromatic nitrogens is 4. The van der Waals surface area contributed by atoms with E-state index in [-0.39, 0.29) is 23.0 Å². The van der Waals surface area contributed by atoms with Gasteiger partial charge < -0.3 is 20.5 Å². The SMILES string of the molecule is Nc1nc(F)nc2c1ncn2[C@H]1C[C@H](O)[C@@H](CO)S1. The molecule has 0 bridgehead atoms. The molecular weight excluding hydrogens is 273 g/mol. The number of anilines is 1. The summed E-state index contributed by atoms with van der Waals surface area (Å²) in [5.74, 6) is -0.0106. The van der Waals surface area contributed by atoms with Gasteiger partial charge in [0, 0.05) is 6.42 Å². The van der Waals surface area contributed by atoms with Crippen molar-refractivity contribution >= 4 is 28.7 Å². The van der Waals surface area contributed by atoms with Crippen LogP contribution in [0.4, 0.5) is 10.2 Å². The summed E-state index contributed by atoms with van der Waals surface area (Å²) in [6.07, 6.45) is 0.419. The number of hydrogen-bond donors (Lipinski definition) is 3. The van der Waals surface area contributed by atoms with Crippen LogP contribution in [0.3, 0.4) is 0 Å². The van der Waals surface area contributed by atoms with Crippen molar-refractivity contribution in [2.75, 3.05) is 12.3 Å². The average Bonchev–Trinajstić information content (AvgIpc) is 2.92. The highest BCUT2D eigenvalue weighted by atomic mass is 32.2. The number of fused-ring (bicyclic) bond motifs is 1. The van der Waals surface area contributed by atoms with Crippen molar-refractivity contribution in [3.8, 4) is 0 Å². The van der Waals surface area contributed by atoms with Crippen LogP contribution in [0.5, 0.6) is 0 Å². The minimum atomic E-state index is -0.908. The zero-order valence-corrected chi connectivity index (χ0v) is 10.6. The zero-order chi connectivity index (χ0) is 13.6. The number of aliphatic hydroxyl groups excluding tert-OH is 2. The summed E-state index contributed by atoms with van der Waals surface area (Å²) < 4.78 is 14.9.